The Kier molecular flexibility index (Phi) is 6.25. The van der Waals surface area contributed by atoms with E-state index in [-0.39, 0.29) is 0 Å². The van der Waals surface area contributed by atoms with E-state index < -0.39 is 0 Å². The molecule has 1 aliphatic rings. The molecule has 1 fully saturated rings. The summed E-state index contributed by atoms with van der Waals surface area (Å²) in [6.07, 6.45) is 2.55. The molecule has 0 saturated carbocycles. The number of hydrogen-bond acceptors (Lipinski definition) is 2. The molecule has 0 radical (unpaired) electrons. The molecule has 0 bridgehead atoms. The molecule has 1 heterocycles. The van der Waals surface area contributed by atoms with Gasteiger partial charge in [-0.15, -0.1) is 0 Å². The maximum atomic E-state index is 3.76. The minimum atomic E-state index is 0.528. The van der Waals surface area contributed by atoms with Gasteiger partial charge in [-0.25, -0.2) is 0 Å². The molecule has 3 unspecified atom stereocenters. The molecule has 21 heavy (non-hydrogen) atoms. The van der Waals surface area contributed by atoms with E-state index in [0.717, 1.165) is 18.4 Å². The van der Waals surface area contributed by atoms with Crippen molar-refractivity contribution >= 4 is 0 Å². The third kappa shape index (κ3) is 4.55. The molecule has 1 aromatic carbocycles. The highest BCUT2D eigenvalue weighted by Gasteiger charge is 2.29. The Balaban J connectivity index is 2.10. The van der Waals surface area contributed by atoms with E-state index in [9.17, 15) is 0 Å². The third-order valence-corrected chi connectivity index (χ3v) is 4.98. The molecule has 1 saturated heterocycles. The van der Waals surface area contributed by atoms with Gasteiger partial charge in [-0.3, -0.25) is 4.90 Å². The van der Waals surface area contributed by atoms with Crippen LogP contribution in [0.1, 0.15) is 52.1 Å². The van der Waals surface area contributed by atoms with Gasteiger partial charge in [0.15, 0.2) is 0 Å². The first kappa shape index (κ1) is 16.5. The van der Waals surface area contributed by atoms with Crippen molar-refractivity contribution in [1.29, 1.82) is 0 Å². The highest BCUT2D eigenvalue weighted by atomic mass is 15.2. The van der Waals surface area contributed by atoms with Crippen LogP contribution in [0.2, 0.25) is 0 Å². The van der Waals surface area contributed by atoms with Crippen molar-refractivity contribution in [2.24, 2.45) is 11.8 Å². The highest BCUT2D eigenvalue weighted by Crippen LogP contribution is 2.26. The molecule has 0 spiro atoms. The Hall–Kier alpha value is -0.860. The Morgan fingerprint density at radius 2 is 1.90 bits per heavy atom. The van der Waals surface area contributed by atoms with Crippen molar-refractivity contribution in [3.05, 3.63) is 35.9 Å². The first-order valence-corrected chi connectivity index (χ1v) is 8.64. The van der Waals surface area contributed by atoms with E-state index in [1.165, 1.54) is 31.5 Å². The minimum absolute atomic E-state index is 0.528. The summed E-state index contributed by atoms with van der Waals surface area (Å²) in [4.78, 5) is 2.72. The largest absolute Gasteiger partial charge is 0.311 e. The summed E-state index contributed by atoms with van der Waals surface area (Å²) in [5.41, 5.74) is 1.45. The molecule has 1 N–H and O–H groups in total. The summed E-state index contributed by atoms with van der Waals surface area (Å²) < 4.78 is 0. The standard InChI is InChI=1S/C19H32N2/c1-5-9-18-14-21(13-16(4)15(2)3)19(12-20-18)17-10-7-6-8-11-17/h6-8,10-11,15-16,18-20H,5,9,12-14H2,1-4H3. The molecular formula is C19H32N2. The van der Waals surface area contributed by atoms with Gasteiger partial charge >= 0.3 is 0 Å². The molecule has 0 aromatic heterocycles. The van der Waals surface area contributed by atoms with Crippen molar-refractivity contribution in [2.75, 3.05) is 19.6 Å². The zero-order valence-corrected chi connectivity index (χ0v) is 14.2. The topological polar surface area (TPSA) is 15.3 Å². The van der Waals surface area contributed by atoms with Crippen LogP contribution in [0.5, 0.6) is 0 Å². The number of piperazine rings is 1. The summed E-state index contributed by atoms with van der Waals surface area (Å²) in [6, 6.07) is 12.2. The molecule has 0 aliphatic carbocycles. The third-order valence-electron chi connectivity index (χ3n) is 4.98. The van der Waals surface area contributed by atoms with Gasteiger partial charge in [-0.05, 0) is 23.8 Å². The maximum Gasteiger partial charge on any atom is 0.0473 e. The zero-order valence-electron chi connectivity index (χ0n) is 14.2. The van der Waals surface area contributed by atoms with Crippen LogP contribution >= 0.6 is 0 Å². The second-order valence-corrected chi connectivity index (χ2v) is 7.00. The van der Waals surface area contributed by atoms with E-state index in [2.05, 4.69) is 68.2 Å². The molecule has 118 valence electrons. The van der Waals surface area contributed by atoms with Crippen LogP contribution in [0.25, 0.3) is 0 Å². The van der Waals surface area contributed by atoms with Gasteiger partial charge in [0, 0.05) is 31.7 Å². The quantitative estimate of drug-likeness (QED) is 0.848. The number of benzene rings is 1. The first-order valence-electron chi connectivity index (χ1n) is 8.64. The molecule has 1 aromatic rings. The van der Waals surface area contributed by atoms with Crippen LogP contribution in [0.3, 0.4) is 0 Å². The van der Waals surface area contributed by atoms with Gasteiger partial charge in [0.25, 0.3) is 0 Å². The van der Waals surface area contributed by atoms with E-state index in [4.69, 9.17) is 0 Å². The number of nitrogens with one attached hydrogen (secondary N) is 1. The predicted molar refractivity (Wildman–Crippen MR) is 91.5 cm³/mol. The normalized spacial score (nSPS) is 25.2. The van der Waals surface area contributed by atoms with Crippen molar-refractivity contribution in [3.63, 3.8) is 0 Å². The Labute approximate surface area is 130 Å². The lowest BCUT2D eigenvalue weighted by molar-refractivity contribution is 0.0997. The molecule has 1 aliphatic heterocycles. The van der Waals surface area contributed by atoms with Gasteiger partial charge < -0.3 is 5.32 Å². The second kappa shape index (κ2) is 7.95. The Morgan fingerprint density at radius 3 is 2.52 bits per heavy atom. The summed E-state index contributed by atoms with van der Waals surface area (Å²) >= 11 is 0. The monoisotopic (exact) mass is 288 g/mol. The average molecular weight is 288 g/mol. The maximum absolute atomic E-state index is 3.76. The fraction of sp³-hybridized carbons (Fsp3) is 0.684. The second-order valence-electron chi connectivity index (χ2n) is 7.00. The van der Waals surface area contributed by atoms with Crippen molar-refractivity contribution in [3.8, 4) is 0 Å². The molecule has 2 rings (SSSR count). The number of nitrogens with zero attached hydrogens (tertiary/aromatic N) is 1. The van der Waals surface area contributed by atoms with Crippen LogP contribution in [-0.2, 0) is 0 Å². The Bertz CT molecular complexity index is 401. The highest BCUT2D eigenvalue weighted by molar-refractivity contribution is 5.20. The van der Waals surface area contributed by atoms with Crippen molar-refractivity contribution in [2.45, 2.75) is 52.6 Å². The van der Waals surface area contributed by atoms with Gasteiger partial charge in [0.05, 0.1) is 0 Å². The summed E-state index contributed by atoms with van der Waals surface area (Å²) in [5.74, 6) is 1.50. The van der Waals surface area contributed by atoms with Crippen LogP contribution in [0.15, 0.2) is 30.3 Å². The Morgan fingerprint density at radius 1 is 1.19 bits per heavy atom. The van der Waals surface area contributed by atoms with E-state index in [1.54, 1.807) is 0 Å². The predicted octanol–water partition coefficient (Wildman–Crippen LogP) is 4.09. The molecule has 0 amide bonds. The lowest BCUT2D eigenvalue weighted by Gasteiger charge is -2.42. The van der Waals surface area contributed by atoms with Gasteiger partial charge in [0.2, 0.25) is 0 Å². The first-order chi connectivity index (χ1) is 10.1. The minimum Gasteiger partial charge on any atom is -0.311 e. The van der Waals surface area contributed by atoms with Gasteiger partial charge in [-0.2, -0.15) is 0 Å². The summed E-state index contributed by atoms with van der Waals surface area (Å²) in [7, 11) is 0. The van der Waals surface area contributed by atoms with Gasteiger partial charge in [0.1, 0.15) is 0 Å². The number of rotatable bonds is 6. The van der Waals surface area contributed by atoms with E-state index in [0.29, 0.717) is 12.1 Å². The van der Waals surface area contributed by atoms with Crippen LogP contribution in [-0.4, -0.2) is 30.6 Å². The van der Waals surface area contributed by atoms with Crippen LogP contribution < -0.4 is 5.32 Å². The molecular weight excluding hydrogens is 256 g/mol. The van der Waals surface area contributed by atoms with Gasteiger partial charge in [-0.1, -0.05) is 64.4 Å². The van der Waals surface area contributed by atoms with Crippen molar-refractivity contribution in [1.82, 2.24) is 10.2 Å². The fourth-order valence-electron chi connectivity index (χ4n) is 3.21. The fourth-order valence-corrected chi connectivity index (χ4v) is 3.21. The molecule has 2 heteroatoms. The van der Waals surface area contributed by atoms with E-state index in [1.807, 2.05) is 0 Å². The van der Waals surface area contributed by atoms with Crippen LogP contribution in [0.4, 0.5) is 0 Å². The lowest BCUT2D eigenvalue weighted by Crippen LogP contribution is -2.53. The van der Waals surface area contributed by atoms with E-state index >= 15 is 0 Å². The number of hydrogen-bond donors (Lipinski definition) is 1. The lowest BCUT2D eigenvalue weighted by atomic mass is 9.93. The molecule has 2 nitrogen and oxygen atoms in total. The van der Waals surface area contributed by atoms with Crippen LogP contribution in [0, 0.1) is 11.8 Å². The smallest absolute Gasteiger partial charge is 0.0473 e. The summed E-state index contributed by atoms with van der Waals surface area (Å²) in [6.45, 7) is 12.8. The van der Waals surface area contributed by atoms with Crippen molar-refractivity contribution < 1.29 is 0 Å². The SMILES string of the molecule is CCCC1CN(CC(C)C(C)C)C(c2ccccc2)CN1. The molecule has 3 atom stereocenters. The average Bonchev–Trinajstić information content (AvgIpc) is 2.48. The summed E-state index contributed by atoms with van der Waals surface area (Å²) in [5, 5.41) is 3.76. The zero-order chi connectivity index (χ0) is 15.2.